The Morgan fingerprint density at radius 3 is 2.25 bits per heavy atom. The number of ether oxygens (including phenoxy) is 3. The average Bonchev–Trinajstić information content (AvgIpc) is 3.11. The van der Waals surface area contributed by atoms with Crippen LogP contribution in [0.2, 0.25) is 0 Å². The maximum absolute atomic E-state index is 12.4. The molecule has 0 fully saturated rings. The van der Waals surface area contributed by atoms with Gasteiger partial charge in [-0.3, -0.25) is 9.78 Å². The molecule has 3 rings (SSSR count). The second-order valence-electron chi connectivity index (χ2n) is 5.78. The summed E-state index contributed by atoms with van der Waals surface area (Å²) in [6, 6.07) is 6.81. The molecule has 2 heterocycles. The van der Waals surface area contributed by atoms with Crippen molar-refractivity contribution in [3.8, 4) is 17.2 Å². The van der Waals surface area contributed by atoms with E-state index >= 15 is 0 Å². The van der Waals surface area contributed by atoms with E-state index in [1.807, 2.05) is 0 Å². The minimum Gasteiger partial charge on any atom is -0.493 e. The molecule has 146 valence electrons. The van der Waals surface area contributed by atoms with E-state index in [-0.39, 0.29) is 5.91 Å². The fraction of sp³-hybridized carbons (Fsp3) is 0.211. The van der Waals surface area contributed by atoms with Crippen molar-refractivity contribution in [2.24, 2.45) is 0 Å². The van der Waals surface area contributed by atoms with Gasteiger partial charge in [0, 0.05) is 30.1 Å². The minimum atomic E-state index is -0.352. The quantitative estimate of drug-likeness (QED) is 0.638. The normalized spacial score (nSPS) is 10.3. The number of aromatic nitrogens is 2. The van der Waals surface area contributed by atoms with E-state index in [1.165, 1.54) is 13.3 Å². The first kappa shape index (κ1) is 19.0. The van der Waals surface area contributed by atoms with Crippen LogP contribution < -0.4 is 24.8 Å². The fourth-order valence-corrected chi connectivity index (χ4v) is 2.57. The number of anilines is 3. The van der Waals surface area contributed by atoms with Crippen LogP contribution in [0.5, 0.6) is 17.2 Å². The molecule has 0 aliphatic carbocycles. The summed E-state index contributed by atoms with van der Waals surface area (Å²) in [6.07, 6.45) is 3.06. The molecule has 0 spiro atoms. The van der Waals surface area contributed by atoms with Gasteiger partial charge in [-0.2, -0.15) is 0 Å². The smallest absolute Gasteiger partial charge is 0.258 e. The number of amides is 1. The van der Waals surface area contributed by atoms with Gasteiger partial charge in [0.1, 0.15) is 5.76 Å². The van der Waals surface area contributed by atoms with Crippen molar-refractivity contribution in [3.05, 3.63) is 48.0 Å². The number of aryl methyl sites for hydroxylation is 1. The molecule has 0 saturated carbocycles. The zero-order valence-electron chi connectivity index (χ0n) is 15.9. The zero-order valence-corrected chi connectivity index (χ0v) is 15.9. The van der Waals surface area contributed by atoms with Crippen LogP contribution in [0, 0.1) is 6.92 Å². The number of nitrogens with one attached hydrogen (secondary N) is 2. The number of carbonyl (C=O) groups is 1. The van der Waals surface area contributed by atoms with Crippen LogP contribution in [0.25, 0.3) is 0 Å². The van der Waals surface area contributed by atoms with E-state index in [9.17, 15) is 4.79 Å². The lowest BCUT2D eigenvalue weighted by Crippen LogP contribution is -2.12. The maximum Gasteiger partial charge on any atom is 0.258 e. The standard InChI is InChI=1S/C19H20N4O5/c1-11-5-17(23-28-11)22-19(24)12-6-14(10-20-9-12)21-13-7-15(25-2)18(27-4)16(8-13)26-3/h5-10,21H,1-4H3,(H,22,23,24). The van der Waals surface area contributed by atoms with Gasteiger partial charge in [-0.25, -0.2) is 0 Å². The van der Waals surface area contributed by atoms with Crippen molar-refractivity contribution in [3.63, 3.8) is 0 Å². The van der Waals surface area contributed by atoms with Crippen molar-refractivity contribution < 1.29 is 23.5 Å². The Morgan fingerprint density at radius 2 is 1.68 bits per heavy atom. The predicted octanol–water partition coefficient (Wildman–Crippen LogP) is 3.40. The summed E-state index contributed by atoms with van der Waals surface area (Å²) >= 11 is 0. The zero-order chi connectivity index (χ0) is 20.1. The van der Waals surface area contributed by atoms with Crippen molar-refractivity contribution in [1.82, 2.24) is 10.1 Å². The third-order valence-electron chi connectivity index (χ3n) is 3.82. The number of rotatable bonds is 7. The highest BCUT2D eigenvalue weighted by molar-refractivity contribution is 6.04. The third kappa shape index (κ3) is 4.14. The van der Waals surface area contributed by atoms with Gasteiger partial charge in [0.2, 0.25) is 5.75 Å². The molecular formula is C19H20N4O5. The lowest BCUT2D eigenvalue weighted by Gasteiger charge is -2.15. The van der Waals surface area contributed by atoms with E-state index in [0.29, 0.717) is 45.8 Å². The average molecular weight is 384 g/mol. The minimum absolute atomic E-state index is 0.338. The molecular weight excluding hydrogens is 364 g/mol. The summed E-state index contributed by atoms with van der Waals surface area (Å²) in [5.74, 6) is 2.09. The van der Waals surface area contributed by atoms with Gasteiger partial charge >= 0.3 is 0 Å². The molecule has 3 aromatic rings. The molecule has 0 aliphatic rings. The van der Waals surface area contributed by atoms with Gasteiger partial charge in [-0.05, 0) is 13.0 Å². The molecule has 9 heteroatoms. The Morgan fingerprint density at radius 1 is 0.964 bits per heavy atom. The van der Waals surface area contributed by atoms with Gasteiger partial charge in [-0.15, -0.1) is 0 Å². The first-order valence-electron chi connectivity index (χ1n) is 8.30. The molecule has 0 radical (unpaired) electrons. The van der Waals surface area contributed by atoms with Crippen LogP contribution in [-0.2, 0) is 0 Å². The van der Waals surface area contributed by atoms with Gasteiger partial charge < -0.3 is 29.4 Å². The highest BCUT2D eigenvalue weighted by Gasteiger charge is 2.14. The molecule has 0 bridgehead atoms. The van der Waals surface area contributed by atoms with Crippen molar-refractivity contribution in [2.45, 2.75) is 6.92 Å². The van der Waals surface area contributed by atoms with E-state index in [2.05, 4.69) is 20.8 Å². The number of carbonyl (C=O) groups excluding carboxylic acids is 1. The predicted molar refractivity (Wildman–Crippen MR) is 103 cm³/mol. The Hall–Kier alpha value is -3.75. The second-order valence-corrected chi connectivity index (χ2v) is 5.78. The monoisotopic (exact) mass is 384 g/mol. The molecule has 1 amide bonds. The van der Waals surface area contributed by atoms with Gasteiger partial charge in [-0.1, -0.05) is 5.16 Å². The first-order valence-corrected chi connectivity index (χ1v) is 8.30. The highest BCUT2D eigenvalue weighted by atomic mass is 16.5. The topological polar surface area (TPSA) is 108 Å². The summed E-state index contributed by atoms with van der Waals surface area (Å²) in [6.45, 7) is 1.74. The lowest BCUT2D eigenvalue weighted by atomic mass is 10.2. The number of hydrogen-bond acceptors (Lipinski definition) is 8. The Kier molecular flexibility index (Phi) is 5.64. The Balaban J connectivity index is 1.82. The maximum atomic E-state index is 12.4. The Labute approximate surface area is 161 Å². The summed E-state index contributed by atoms with van der Waals surface area (Å²) in [4.78, 5) is 16.5. The van der Waals surface area contributed by atoms with Gasteiger partial charge in [0.05, 0.1) is 38.8 Å². The van der Waals surface area contributed by atoms with Crippen molar-refractivity contribution in [2.75, 3.05) is 32.0 Å². The van der Waals surface area contributed by atoms with Gasteiger partial charge in [0.25, 0.3) is 5.91 Å². The van der Waals surface area contributed by atoms with Crippen LogP contribution in [0.3, 0.4) is 0 Å². The SMILES string of the molecule is COc1cc(Nc2cncc(C(=O)Nc3cc(C)on3)c2)cc(OC)c1OC. The number of methoxy groups -OCH3 is 3. The van der Waals surface area contributed by atoms with Gasteiger partial charge in [0.15, 0.2) is 17.3 Å². The molecule has 0 atom stereocenters. The van der Waals surface area contributed by atoms with Crippen LogP contribution in [0.15, 0.2) is 41.2 Å². The molecule has 2 N–H and O–H groups in total. The van der Waals surface area contributed by atoms with Crippen LogP contribution >= 0.6 is 0 Å². The van der Waals surface area contributed by atoms with Crippen molar-refractivity contribution >= 4 is 23.1 Å². The van der Waals surface area contributed by atoms with Crippen LogP contribution in [-0.4, -0.2) is 37.4 Å². The first-order chi connectivity index (χ1) is 13.5. The van der Waals surface area contributed by atoms with E-state index in [1.54, 1.807) is 51.6 Å². The summed E-state index contributed by atoms with van der Waals surface area (Å²) in [7, 11) is 4.62. The molecule has 1 aromatic carbocycles. The third-order valence-corrected chi connectivity index (χ3v) is 3.82. The largest absolute Gasteiger partial charge is 0.493 e. The summed E-state index contributed by atoms with van der Waals surface area (Å²) in [5.41, 5.74) is 1.65. The highest BCUT2D eigenvalue weighted by Crippen LogP contribution is 2.40. The number of benzene rings is 1. The molecule has 0 unspecified atom stereocenters. The van der Waals surface area contributed by atoms with Crippen LogP contribution in [0.1, 0.15) is 16.1 Å². The number of nitrogens with zero attached hydrogens (tertiary/aromatic N) is 2. The molecule has 0 saturated heterocycles. The van der Waals surface area contributed by atoms with E-state index in [4.69, 9.17) is 18.7 Å². The lowest BCUT2D eigenvalue weighted by molar-refractivity contribution is 0.102. The molecule has 9 nitrogen and oxygen atoms in total. The molecule has 0 aliphatic heterocycles. The summed E-state index contributed by atoms with van der Waals surface area (Å²) in [5, 5.41) is 9.57. The number of pyridine rings is 1. The van der Waals surface area contributed by atoms with Crippen LogP contribution in [0.4, 0.5) is 17.2 Å². The van der Waals surface area contributed by atoms with Crippen molar-refractivity contribution in [1.29, 1.82) is 0 Å². The summed E-state index contributed by atoms with van der Waals surface area (Å²) < 4.78 is 20.9. The molecule has 28 heavy (non-hydrogen) atoms. The second kappa shape index (κ2) is 8.30. The molecule has 2 aromatic heterocycles. The Bertz CT molecular complexity index is 961. The van der Waals surface area contributed by atoms with E-state index < -0.39 is 0 Å². The fourth-order valence-electron chi connectivity index (χ4n) is 2.57. The van der Waals surface area contributed by atoms with E-state index in [0.717, 1.165) is 0 Å². The number of hydrogen-bond donors (Lipinski definition) is 2.